The van der Waals surface area contributed by atoms with Crippen molar-refractivity contribution in [1.82, 2.24) is 9.97 Å². The van der Waals surface area contributed by atoms with Gasteiger partial charge in [-0.1, -0.05) is 37.6 Å². The number of aromatic nitrogens is 2. The normalized spacial score (nSPS) is 9.94. The van der Waals surface area contributed by atoms with Crippen molar-refractivity contribution >= 4 is 22.6 Å². The zero-order chi connectivity index (χ0) is 13.0. The highest BCUT2D eigenvalue weighted by molar-refractivity contribution is 6.30. The average molecular weight is 259 g/mol. The molecule has 92 valence electrons. The molecule has 2 nitrogen and oxygen atoms in total. The lowest BCUT2D eigenvalue weighted by atomic mass is 10.1. The van der Waals surface area contributed by atoms with Crippen LogP contribution in [-0.4, -0.2) is 9.97 Å². The van der Waals surface area contributed by atoms with E-state index in [0.29, 0.717) is 0 Å². The Morgan fingerprint density at radius 2 is 1.72 bits per heavy atom. The number of hydrogen-bond donors (Lipinski definition) is 1. The zero-order valence-corrected chi connectivity index (χ0v) is 11.2. The van der Waals surface area contributed by atoms with Crippen LogP contribution in [0, 0.1) is 0 Å². The van der Waals surface area contributed by atoms with E-state index in [-0.39, 0.29) is 0 Å². The summed E-state index contributed by atoms with van der Waals surface area (Å²) in [4.78, 5) is 7.43. The van der Waals surface area contributed by atoms with Crippen molar-refractivity contribution in [3.05, 3.63) is 53.8 Å². The fourth-order valence-electron chi connectivity index (χ4n) is 1.74. The number of halogens is 1. The molecule has 0 aliphatic heterocycles. The van der Waals surface area contributed by atoms with Crippen molar-refractivity contribution in [2.45, 2.75) is 13.8 Å². The molecule has 0 fully saturated rings. The third-order valence-corrected chi connectivity index (χ3v) is 2.83. The lowest BCUT2D eigenvalue weighted by Gasteiger charge is -2.01. The quantitative estimate of drug-likeness (QED) is 0.660. The van der Waals surface area contributed by atoms with E-state index >= 15 is 0 Å². The molecule has 0 amide bonds. The van der Waals surface area contributed by atoms with Gasteiger partial charge in [0, 0.05) is 28.4 Å². The van der Waals surface area contributed by atoms with Gasteiger partial charge in [-0.05, 0) is 29.8 Å². The van der Waals surface area contributed by atoms with Gasteiger partial charge in [-0.15, -0.1) is 0 Å². The highest BCUT2D eigenvalue weighted by atomic mass is 35.5. The summed E-state index contributed by atoms with van der Waals surface area (Å²) in [6, 6.07) is 11.9. The van der Waals surface area contributed by atoms with Crippen molar-refractivity contribution in [3.63, 3.8) is 0 Å². The van der Waals surface area contributed by atoms with Gasteiger partial charge >= 0.3 is 0 Å². The first-order valence-electron chi connectivity index (χ1n) is 6.02. The van der Waals surface area contributed by atoms with Gasteiger partial charge in [0.15, 0.2) is 0 Å². The standard InChI is InChI=1S/C13H9ClN2.C2H6/c14-12-3-1-9(2-4-12)11-7-10-5-6-15-13(10)16-8-11;1-2/h1-8H,(H,15,16);1-2H3. The topological polar surface area (TPSA) is 28.7 Å². The van der Waals surface area contributed by atoms with E-state index in [1.165, 1.54) is 0 Å². The van der Waals surface area contributed by atoms with Gasteiger partial charge in [0.05, 0.1) is 0 Å². The Labute approximate surface area is 112 Å². The van der Waals surface area contributed by atoms with Crippen LogP contribution < -0.4 is 0 Å². The zero-order valence-electron chi connectivity index (χ0n) is 10.4. The number of fused-ring (bicyclic) bond motifs is 1. The molecular formula is C15H15ClN2. The van der Waals surface area contributed by atoms with Crippen LogP contribution in [-0.2, 0) is 0 Å². The Hall–Kier alpha value is -1.80. The summed E-state index contributed by atoms with van der Waals surface area (Å²) in [5, 5.41) is 1.87. The number of hydrogen-bond acceptors (Lipinski definition) is 1. The van der Waals surface area contributed by atoms with Crippen LogP contribution in [0.15, 0.2) is 48.8 Å². The van der Waals surface area contributed by atoms with Crippen LogP contribution in [0.2, 0.25) is 5.02 Å². The summed E-state index contributed by atoms with van der Waals surface area (Å²) in [5.74, 6) is 0. The van der Waals surface area contributed by atoms with Gasteiger partial charge < -0.3 is 4.98 Å². The van der Waals surface area contributed by atoms with E-state index in [2.05, 4.69) is 16.0 Å². The molecule has 3 aromatic rings. The molecule has 1 aromatic carbocycles. The average Bonchev–Trinajstić information content (AvgIpc) is 2.89. The number of rotatable bonds is 1. The molecule has 2 aromatic heterocycles. The second-order valence-electron chi connectivity index (χ2n) is 3.65. The predicted octanol–water partition coefficient (Wildman–Crippen LogP) is 4.91. The number of aromatic amines is 1. The van der Waals surface area contributed by atoms with E-state index in [1.807, 2.05) is 56.6 Å². The summed E-state index contributed by atoms with van der Waals surface area (Å²) in [6.07, 6.45) is 3.76. The fourth-order valence-corrected chi connectivity index (χ4v) is 1.87. The summed E-state index contributed by atoms with van der Waals surface area (Å²) < 4.78 is 0. The lowest BCUT2D eigenvalue weighted by molar-refractivity contribution is 1.33. The Kier molecular flexibility index (Phi) is 4.00. The minimum Gasteiger partial charge on any atom is -0.346 e. The first-order chi connectivity index (χ1) is 8.83. The molecule has 0 unspecified atom stereocenters. The molecule has 0 atom stereocenters. The van der Waals surface area contributed by atoms with Crippen molar-refractivity contribution in [2.75, 3.05) is 0 Å². The largest absolute Gasteiger partial charge is 0.346 e. The molecule has 0 saturated carbocycles. The summed E-state index contributed by atoms with van der Waals surface area (Å²) in [5.41, 5.74) is 3.14. The second-order valence-corrected chi connectivity index (χ2v) is 4.08. The van der Waals surface area contributed by atoms with Crippen LogP contribution in [0.5, 0.6) is 0 Å². The van der Waals surface area contributed by atoms with Gasteiger partial charge in [0.1, 0.15) is 5.65 Å². The van der Waals surface area contributed by atoms with Crippen LogP contribution in [0.1, 0.15) is 13.8 Å². The van der Waals surface area contributed by atoms with Crippen molar-refractivity contribution in [3.8, 4) is 11.1 Å². The van der Waals surface area contributed by atoms with Crippen LogP contribution in [0.4, 0.5) is 0 Å². The highest BCUT2D eigenvalue weighted by Crippen LogP contribution is 2.23. The summed E-state index contributed by atoms with van der Waals surface area (Å²) in [7, 11) is 0. The molecule has 3 heteroatoms. The molecule has 1 N–H and O–H groups in total. The Bertz CT molecular complexity index is 626. The van der Waals surface area contributed by atoms with Crippen LogP contribution >= 0.6 is 11.6 Å². The van der Waals surface area contributed by atoms with E-state index in [1.54, 1.807) is 0 Å². The SMILES string of the molecule is CC.Clc1ccc(-c2cnc3[nH]ccc3c2)cc1. The van der Waals surface area contributed by atoms with Crippen molar-refractivity contribution in [2.24, 2.45) is 0 Å². The maximum atomic E-state index is 5.86. The molecule has 3 rings (SSSR count). The monoisotopic (exact) mass is 258 g/mol. The van der Waals surface area contributed by atoms with Crippen LogP contribution in [0.25, 0.3) is 22.2 Å². The number of nitrogens with one attached hydrogen (secondary N) is 1. The molecule has 2 heterocycles. The van der Waals surface area contributed by atoms with Gasteiger partial charge in [0.2, 0.25) is 0 Å². The Balaban J connectivity index is 0.000000574. The first kappa shape index (κ1) is 12.7. The number of pyridine rings is 1. The predicted molar refractivity (Wildman–Crippen MR) is 77.9 cm³/mol. The summed E-state index contributed by atoms with van der Waals surface area (Å²) >= 11 is 5.86. The smallest absolute Gasteiger partial charge is 0.137 e. The maximum absolute atomic E-state index is 5.86. The number of nitrogens with zero attached hydrogens (tertiary/aromatic N) is 1. The lowest BCUT2D eigenvalue weighted by Crippen LogP contribution is -1.81. The van der Waals surface area contributed by atoms with Gasteiger partial charge in [0.25, 0.3) is 0 Å². The Morgan fingerprint density at radius 1 is 1.00 bits per heavy atom. The molecule has 0 aliphatic rings. The van der Waals surface area contributed by atoms with E-state index in [0.717, 1.165) is 27.2 Å². The Morgan fingerprint density at radius 3 is 2.44 bits per heavy atom. The van der Waals surface area contributed by atoms with Gasteiger partial charge in [-0.25, -0.2) is 4.98 Å². The molecule has 0 saturated heterocycles. The summed E-state index contributed by atoms with van der Waals surface area (Å²) in [6.45, 7) is 4.00. The van der Waals surface area contributed by atoms with E-state index in [9.17, 15) is 0 Å². The van der Waals surface area contributed by atoms with Crippen molar-refractivity contribution in [1.29, 1.82) is 0 Å². The van der Waals surface area contributed by atoms with E-state index in [4.69, 9.17) is 11.6 Å². The van der Waals surface area contributed by atoms with E-state index < -0.39 is 0 Å². The third-order valence-electron chi connectivity index (χ3n) is 2.58. The van der Waals surface area contributed by atoms with Crippen molar-refractivity contribution < 1.29 is 0 Å². The van der Waals surface area contributed by atoms with Crippen LogP contribution in [0.3, 0.4) is 0 Å². The molecule has 18 heavy (non-hydrogen) atoms. The molecule has 0 spiro atoms. The fraction of sp³-hybridized carbons (Fsp3) is 0.133. The third kappa shape index (κ3) is 2.54. The number of benzene rings is 1. The highest BCUT2D eigenvalue weighted by Gasteiger charge is 2.01. The number of H-pyrrole nitrogens is 1. The molecule has 0 aliphatic carbocycles. The maximum Gasteiger partial charge on any atom is 0.137 e. The van der Waals surface area contributed by atoms with Gasteiger partial charge in [-0.2, -0.15) is 0 Å². The molecular weight excluding hydrogens is 244 g/mol. The first-order valence-corrected chi connectivity index (χ1v) is 6.40. The van der Waals surface area contributed by atoms with Gasteiger partial charge in [-0.3, -0.25) is 0 Å². The molecule has 0 radical (unpaired) electrons. The minimum absolute atomic E-state index is 0.749. The second kappa shape index (κ2) is 5.69. The molecule has 0 bridgehead atoms. The minimum atomic E-state index is 0.749.